The molecule has 0 spiro atoms. The number of aromatic nitrogens is 1. The number of esters is 1. The second-order valence-electron chi connectivity index (χ2n) is 7.25. The highest BCUT2D eigenvalue weighted by Crippen LogP contribution is 2.23. The molecule has 0 bridgehead atoms. The normalized spacial score (nSPS) is 16.4. The van der Waals surface area contributed by atoms with E-state index < -0.39 is 5.97 Å². The first-order valence-corrected chi connectivity index (χ1v) is 9.77. The smallest absolute Gasteiger partial charge is 0.340 e. The first-order chi connectivity index (χ1) is 14.1. The van der Waals surface area contributed by atoms with Crippen molar-refractivity contribution in [1.29, 1.82) is 0 Å². The second-order valence-corrected chi connectivity index (χ2v) is 7.25. The molecule has 2 fully saturated rings. The average molecular weight is 398 g/mol. The molecule has 1 N–H and O–H groups in total. The summed E-state index contributed by atoms with van der Waals surface area (Å²) in [5.41, 5.74) is 0.849. The van der Waals surface area contributed by atoms with Crippen LogP contribution in [0.3, 0.4) is 0 Å². The number of hydrogen-bond donors (Lipinski definition) is 1. The molecule has 2 aliphatic rings. The van der Waals surface area contributed by atoms with Gasteiger partial charge in [0.15, 0.2) is 6.61 Å². The van der Waals surface area contributed by atoms with Gasteiger partial charge in [0, 0.05) is 38.4 Å². The van der Waals surface area contributed by atoms with Crippen molar-refractivity contribution in [3.8, 4) is 0 Å². The summed E-state index contributed by atoms with van der Waals surface area (Å²) in [7, 11) is 0. The number of para-hydroxylation sites is 1. The Morgan fingerprint density at radius 3 is 2.52 bits per heavy atom. The van der Waals surface area contributed by atoms with Gasteiger partial charge >= 0.3 is 5.97 Å². The molecule has 8 heteroatoms. The van der Waals surface area contributed by atoms with Gasteiger partial charge in [-0.1, -0.05) is 12.1 Å². The number of anilines is 2. The fraction of sp³-hybridized carbons (Fsp3) is 0.381. The number of nitrogens with one attached hydrogen (secondary N) is 1. The van der Waals surface area contributed by atoms with Crippen molar-refractivity contribution >= 4 is 23.4 Å². The van der Waals surface area contributed by atoms with E-state index >= 15 is 0 Å². The maximum absolute atomic E-state index is 13.9. The number of benzene rings is 1. The molecule has 0 radical (unpaired) electrons. The van der Waals surface area contributed by atoms with Gasteiger partial charge in [-0.15, -0.1) is 0 Å². The van der Waals surface area contributed by atoms with E-state index in [2.05, 4.69) is 10.3 Å². The Balaban J connectivity index is 1.23. The molecular formula is C21H23FN4O3. The molecule has 29 heavy (non-hydrogen) atoms. The van der Waals surface area contributed by atoms with Crippen LogP contribution in [-0.4, -0.2) is 60.6 Å². The first-order valence-electron chi connectivity index (χ1n) is 9.77. The number of rotatable bonds is 6. The van der Waals surface area contributed by atoms with Crippen LogP contribution < -0.4 is 10.2 Å². The lowest BCUT2D eigenvalue weighted by Crippen LogP contribution is -2.50. The van der Waals surface area contributed by atoms with Crippen LogP contribution >= 0.6 is 0 Å². The molecule has 1 saturated carbocycles. The molecule has 1 aromatic heterocycles. The highest BCUT2D eigenvalue weighted by molar-refractivity contribution is 5.91. The van der Waals surface area contributed by atoms with E-state index in [1.54, 1.807) is 35.2 Å². The molecule has 0 unspecified atom stereocenters. The summed E-state index contributed by atoms with van der Waals surface area (Å²) in [5.74, 6) is -0.374. The molecule has 1 amide bonds. The number of nitrogens with zero attached hydrogens (tertiary/aromatic N) is 3. The van der Waals surface area contributed by atoms with Gasteiger partial charge in [-0.2, -0.15) is 0 Å². The fourth-order valence-corrected chi connectivity index (χ4v) is 3.24. The summed E-state index contributed by atoms with van der Waals surface area (Å²) in [6.45, 7) is 1.64. The monoisotopic (exact) mass is 398 g/mol. The number of ether oxygens (including phenoxy) is 1. The van der Waals surface area contributed by atoms with E-state index in [1.165, 1.54) is 12.3 Å². The molecule has 4 rings (SSSR count). The molecule has 7 nitrogen and oxygen atoms in total. The third-order valence-electron chi connectivity index (χ3n) is 5.08. The van der Waals surface area contributed by atoms with Gasteiger partial charge in [-0.05, 0) is 37.1 Å². The van der Waals surface area contributed by atoms with Crippen LogP contribution in [0.1, 0.15) is 23.2 Å². The zero-order chi connectivity index (χ0) is 20.2. The molecule has 1 aliphatic carbocycles. The molecule has 1 saturated heterocycles. The van der Waals surface area contributed by atoms with Crippen LogP contribution in [0.5, 0.6) is 0 Å². The van der Waals surface area contributed by atoms with Crippen LogP contribution in [0, 0.1) is 5.82 Å². The third-order valence-corrected chi connectivity index (χ3v) is 5.08. The van der Waals surface area contributed by atoms with Crippen molar-refractivity contribution in [2.24, 2.45) is 0 Å². The lowest BCUT2D eigenvalue weighted by Gasteiger charge is -2.36. The van der Waals surface area contributed by atoms with Crippen molar-refractivity contribution in [2.45, 2.75) is 18.9 Å². The molecule has 2 aromatic rings. The Kier molecular flexibility index (Phi) is 5.59. The van der Waals surface area contributed by atoms with Gasteiger partial charge in [0.25, 0.3) is 5.91 Å². The molecular weight excluding hydrogens is 375 g/mol. The number of pyridine rings is 1. The van der Waals surface area contributed by atoms with Crippen molar-refractivity contribution in [3.05, 3.63) is 54.0 Å². The quantitative estimate of drug-likeness (QED) is 0.753. The Morgan fingerprint density at radius 1 is 1.10 bits per heavy atom. The summed E-state index contributed by atoms with van der Waals surface area (Å²) >= 11 is 0. The fourth-order valence-electron chi connectivity index (χ4n) is 3.24. The van der Waals surface area contributed by atoms with Gasteiger partial charge in [0.05, 0.1) is 11.3 Å². The summed E-state index contributed by atoms with van der Waals surface area (Å²) < 4.78 is 19.0. The third kappa shape index (κ3) is 4.82. The van der Waals surface area contributed by atoms with E-state index in [0.717, 1.165) is 18.7 Å². The predicted octanol–water partition coefficient (Wildman–Crippen LogP) is 2.30. The van der Waals surface area contributed by atoms with Gasteiger partial charge in [0.2, 0.25) is 0 Å². The van der Waals surface area contributed by atoms with Crippen LogP contribution in [-0.2, 0) is 9.53 Å². The summed E-state index contributed by atoms with van der Waals surface area (Å²) in [6.07, 6.45) is 3.73. The lowest BCUT2D eigenvalue weighted by molar-refractivity contribution is -0.134. The van der Waals surface area contributed by atoms with E-state index in [0.29, 0.717) is 43.5 Å². The van der Waals surface area contributed by atoms with Gasteiger partial charge < -0.3 is 19.9 Å². The Labute approximate surface area is 168 Å². The standard InChI is InChI=1S/C21H23FN4O3/c22-17-3-1-2-4-18(17)25-9-11-26(12-10-25)20(27)14-29-21(28)15-5-8-19(23-13-15)24-16-6-7-16/h1-5,8,13,16H,6-7,9-12,14H2,(H,23,24). The number of carbonyl (C=O) groups is 2. The highest BCUT2D eigenvalue weighted by Gasteiger charge is 2.24. The molecule has 152 valence electrons. The highest BCUT2D eigenvalue weighted by atomic mass is 19.1. The van der Waals surface area contributed by atoms with Gasteiger partial charge in [-0.3, -0.25) is 4.79 Å². The Hall–Kier alpha value is -3.16. The van der Waals surface area contributed by atoms with Crippen molar-refractivity contribution in [3.63, 3.8) is 0 Å². The molecule has 2 heterocycles. The number of amides is 1. The molecule has 1 aromatic carbocycles. The summed E-state index contributed by atoms with van der Waals surface area (Å²) in [5, 5.41) is 3.24. The number of halogens is 1. The minimum absolute atomic E-state index is 0.258. The number of carbonyl (C=O) groups excluding carboxylic acids is 2. The van der Waals surface area contributed by atoms with Crippen LogP contribution in [0.15, 0.2) is 42.6 Å². The van der Waals surface area contributed by atoms with Crippen LogP contribution in [0.4, 0.5) is 15.9 Å². The Morgan fingerprint density at radius 2 is 1.86 bits per heavy atom. The first kappa shape index (κ1) is 19.2. The van der Waals surface area contributed by atoms with Crippen molar-refractivity contribution in [2.75, 3.05) is 43.0 Å². The summed E-state index contributed by atoms with van der Waals surface area (Å²) in [6, 6.07) is 10.5. The van der Waals surface area contributed by atoms with E-state index in [1.807, 2.05) is 4.90 Å². The number of hydrogen-bond acceptors (Lipinski definition) is 6. The lowest BCUT2D eigenvalue weighted by atomic mass is 10.2. The van der Waals surface area contributed by atoms with Crippen LogP contribution in [0.25, 0.3) is 0 Å². The van der Waals surface area contributed by atoms with Gasteiger partial charge in [0.1, 0.15) is 11.6 Å². The summed E-state index contributed by atoms with van der Waals surface area (Å²) in [4.78, 5) is 32.2. The molecule has 0 atom stereocenters. The second kappa shape index (κ2) is 8.46. The molecule has 1 aliphatic heterocycles. The van der Waals surface area contributed by atoms with Crippen molar-refractivity contribution in [1.82, 2.24) is 9.88 Å². The van der Waals surface area contributed by atoms with E-state index in [-0.39, 0.29) is 18.3 Å². The maximum Gasteiger partial charge on any atom is 0.340 e. The van der Waals surface area contributed by atoms with Crippen molar-refractivity contribution < 1.29 is 18.7 Å². The van der Waals surface area contributed by atoms with E-state index in [4.69, 9.17) is 4.74 Å². The Bertz CT molecular complexity index is 878. The largest absolute Gasteiger partial charge is 0.452 e. The van der Waals surface area contributed by atoms with Crippen LogP contribution in [0.2, 0.25) is 0 Å². The topological polar surface area (TPSA) is 74.8 Å². The van der Waals surface area contributed by atoms with Gasteiger partial charge in [-0.25, -0.2) is 14.2 Å². The van der Waals surface area contributed by atoms with E-state index in [9.17, 15) is 14.0 Å². The number of piperazine rings is 1. The minimum Gasteiger partial charge on any atom is -0.452 e. The zero-order valence-corrected chi connectivity index (χ0v) is 16.0. The average Bonchev–Trinajstić information content (AvgIpc) is 3.57. The SMILES string of the molecule is O=C(OCC(=O)N1CCN(c2ccccc2F)CC1)c1ccc(NC2CC2)nc1. The predicted molar refractivity (Wildman–Crippen MR) is 106 cm³/mol. The maximum atomic E-state index is 13.9. The zero-order valence-electron chi connectivity index (χ0n) is 16.0. The minimum atomic E-state index is -0.575.